The standard InChI is InChI=1S/C25H36N4O4.ClH/c30-23-22-17-21(18-27-22)29(25(32)19-7-2-1-3-8-19)14-6-13-28(12-5-4-11-26-23)24(31)20-9-15-33-16-10-20;/h1-3,7-8,20-22,27H,4-6,9-18H2,(H,26,30);1H/t21-,22-;/m0./s1. The zero-order valence-corrected chi connectivity index (χ0v) is 20.6. The Hall–Kier alpha value is -2.16. The van der Waals surface area contributed by atoms with Gasteiger partial charge in [0.1, 0.15) is 0 Å². The van der Waals surface area contributed by atoms with E-state index in [9.17, 15) is 14.4 Å². The average Bonchev–Trinajstić information content (AvgIpc) is 3.35. The highest BCUT2D eigenvalue weighted by molar-refractivity contribution is 5.94. The van der Waals surface area contributed by atoms with Gasteiger partial charge in [-0.2, -0.15) is 0 Å². The van der Waals surface area contributed by atoms with Crippen LogP contribution in [0.15, 0.2) is 30.3 Å². The molecule has 4 rings (SSSR count). The van der Waals surface area contributed by atoms with Crippen molar-refractivity contribution in [2.24, 2.45) is 5.92 Å². The van der Waals surface area contributed by atoms with E-state index in [1.807, 2.05) is 40.1 Å². The van der Waals surface area contributed by atoms with Crippen LogP contribution in [-0.4, -0.2) is 85.5 Å². The molecule has 9 heteroatoms. The molecule has 2 bridgehead atoms. The number of hydrogen-bond acceptors (Lipinski definition) is 5. The Kier molecular flexibility index (Phi) is 10.2. The first kappa shape index (κ1) is 26.4. The minimum atomic E-state index is -0.268. The van der Waals surface area contributed by atoms with Crippen molar-refractivity contribution in [2.75, 3.05) is 45.9 Å². The van der Waals surface area contributed by atoms with Crippen LogP contribution in [0.1, 0.15) is 48.9 Å². The molecule has 2 N–H and O–H groups in total. The Labute approximate surface area is 208 Å². The van der Waals surface area contributed by atoms with E-state index in [4.69, 9.17) is 4.74 Å². The van der Waals surface area contributed by atoms with Crippen molar-refractivity contribution in [1.82, 2.24) is 20.4 Å². The van der Waals surface area contributed by atoms with Crippen LogP contribution < -0.4 is 10.6 Å². The zero-order chi connectivity index (χ0) is 23.0. The number of rotatable bonds is 2. The molecule has 3 fully saturated rings. The lowest BCUT2D eigenvalue weighted by molar-refractivity contribution is -0.138. The van der Waals surface area contributed by atoms with Crippen LogP contribution >= 0.6 is 12.4 Å². The molecule has 0 unspecified atom stereocenters. The summed E-state index contributed by atoms with van der Waals surface area (Å²) in [4.78, 5) is 43.1. The maximum Gasteiger partial charge on any atom is 0.254 e. The molecule has 34 heavy (non-hydrogen) atoms. The van der Waals surface area contributed by atoms with E-state index >= 15 is 0 Å². The highest BCUT2D eigenvalue weighted by atomic mass is 35.5. The predicted octanol–water partition coefficient (Wildman–Crippen LogP) is 1.84. The minimum absolute atomic E-state index is 0. The number of carbonyl (C=O) groups excluding carboxylic acids is 3. The van der Waals surface area contributed by atoms with E-state index < -0.39 is 0 Å². The number of ether oxygens (including phenoxy) is 1. The molecule has 1 aromatic carbocycles. The summed E-state index contributed by atoms with van der Waals surface area (Å²) in [5.74, 6) is 0.215. The molecule has 3 aliphatic rings. The van der Waals surface area contributed by atoms with E-state index in [1.54, 1.807) is 0 Å². The van der Waals surface area contributed by atoms with Gasteiger partial charge >= 0.3 is 0 Å². The largest absolute Gasteiger partial charge is 0.381 e. The van der Waals surface area contributed by atoms with E-state index in [-0.39, 0.29) is 48.1 Å². The molecule has 3 amide bonds. The molecule has 8 nitrogen and oxygen atoms in total. The van der Waals surface area contributed by atoms with Crippen molar-refractivity contribution >= 4 is 30.1 Å². The van der Waals surface area contributed by atoms with Crippen molar-refractivity contribution in [2.45, 2.75) is 50.6 Å². The molecular formula is C25H37ClN4O4. The Balaban J connectivity index is 0.00000324. The van der Waals surface area contributed by atoms with Crippen molar-refractivity contribution in [1.29, 1.82) is 0 Å². The first-order valence-electron chi connectivity index (χ1n) is 12.4. The minimum Gasteiger partial charge on any atom is -0.381 e. The second kappa shape index (κ2) is 13.1. The van der Waals surface area contributed by atoms with Gasteiger partial charge in [0.05, 0.1) is 6.04 Å². The predicted molar refractivity (Wildman–Crippen MR) is 132 cm³/mol. The van der Waals surface area contributed by atoms with Crippen LogP contribution in [0.2, 0.25) is 0 Å². The molecule has 0 saturated carbocycles. The smallest absolute Gasteiger partial charge is 0.254 e. The van der Waals surface area contributed by atoms with Gasteiger partial charge in [-0.15, -0.1) is 12.4 Å². The average molecular weight is 493 g/mol. The first-order chi connectivity index (χ1) is 16.1. The maximum absolute atomic E-state index is 13.4. The second-order valence-corrected chi connectivity index (χ2v) is 9.28. The molecule has 0 radical (unpaired) electrons. The highest BCUT2D eigenvalue weighted by Crippen LogP contribution is 2.21. The lowest BCUT2D eigenvalue weighted by atomic mass is 9.98. The monoisotopic (exact) mass is 492 g/mol. The number of nitrogens with zero attached hydrogens (tertiary/aromatic N) is 2. The number of amides is 3. The number of carbonyl (C=O) groups is 3. The molecule has 0 aliphatic carbocycles. The van der Waals surface area contributed by atoms with Crippen LogP contribution in [-0.2, 0) is 14.3 Å². The lowest BCUT2D eigenvalue weighted by Crippen LogP contribution is -2.45. The van der Waals surface area contributed by atoms with Crippen LogP contribution in [0.4, 0.5) is 0 Å². The lowest BCUT2D eigenvalue weighted by Gasteiger charge is -2.32. The SMILES string of the molecule is Cl.O=C1NCCCCN(C(=O)C2CCOCC2)CCCN(C(=O)c2ccccc2)[C@@H]2CN[C@H]1C2. The quantitative estimate of drug-likeness (QED) is 0.657. The molecule has 1 aromatic rings. The first-order valence-corrected chi connectivity index (χ1v) is 12.4. The Bertz CT molecular complexity index is 818. The topological polar surface area (TPSA) is 91.0 Å². The van der Waals surface area contributed by atoms with Gasteiger partial charge in [0.25, 0.3) is 5.91 Å². The van der Waals surface area contributed by atoms with E-state index in [0.717, 1.165) is 32.1 Å². The van der Waals surface area contributed by atoms with Crippen LogP contribution in [0, 0.1) is 5.92 Å². The van der Waals surface area contributed by atoms with Crippen LogP contribution in [0.3, 0.4) is 0 Å². The third kappa shape index (κ3) is 6.71. The third-order valence-electron chi connectivity index (χ3n) is 7.01. The fourth-order valence-corrected chi connectivity index (χ4v) is 5.08. The summed E-state index contributed by atoms with van der Waals surface area (Å²) >= 11 is 0. The van der Waals surface area contributed by atoms with Crippen molar-refractivity contribution in [3.05, 3.63) is 35.9 Å². The van der Waals surface area contributed by atoms with Gasteiger partial charge < -0.3 is 25.2 Å². The number of benzene rings is 1. The number of halogens is 1. The highest BCUT2D eigenvalue weighted by Gasteiger charge is 2.35. The Morgan fingerprint density at radius 3 is 2.47 bits per heavy atom. The van der Waals surface area contributed by atoms with Gasteiger partial charge in [-0.1, -0.05) is 18.2 Å². The van der Waals surface area contributed by atoms with Gasteiger partial charge in [-0.3, -0.25) is 14.4 Å². The van der Waals surface area contributed by atoms with Crippen molar-refractivity contribution < 1.29 is 19.1 Å². The molecule has 188 valence electrons. The van der Waals surface area contributed by atoms with E-state index in [2.05, 4.69) is 10.6 Å². The van der Waals surface area contributed by atoms with Gasteiger partial charge in [-0.25, -0.2) is 0 Å². The van der Waals surface area contributed by atoms with Gasteiger partial charge in [0.2, 0.25) is 11.8 Å². The Morgan fingerprint density at radius 1 is 0.971 bits per heavy atom. The molecule has 0 spiro atoms. The Morgan fingerprint density at radius 2 is 1.71 bits per heavy atom. The van der Waals surface area contributed by atoms with Crippen molar-refractivity contribution in [3.8, 4) is 0 Å². The van der Waals surface area contributed by atoms with Crippen LogP contribution in [0.5, 0.6) is 0 Å². The second-order valence-electron chi connectivity index (χ2n) is 9.28. The third-order valence-corrected chi connectivity index (χ3v) is 7.01. The van der Waals surface area contributed by atoms with E-state index in [0.29, 0.717) is 57.9 Å². The summed E-state index contributed by atoms with van der Waals surface area (Å²) in [7, 11) is 0. The van der Waals surface area contributed by atoms with Gasteiger partial charge in [0.15, 0.2) is 0 Å². The number of nitrogens with one attached hydrogen (secondary N) is 2. The molecule has 3 saturated heterocycles. The molecule has 0 aromatic heterocycles. The molecule has 3 heterocycles. The number of fused-ring (bicyclic) bond motifs is 2. The molecule has 2 atom stereocenters. The van der Waals surface area contributed by atoms with Crippen molar-refractivity contribution in [3.63, 3.8) is 0 Å². The zero-order valence-electron chi connectivity index (χ0n) is 19.7. The van der Waals surface area contributed by atoms with Gasteiger partial charge in [0, 0.05) is 63.5 Å². The summed E-state index contributed by atoms with van der Waals surface area (Å²) < 4.78 is 5.43. The fourth-order valence-electron chi connectivity index (χ4n) is 5.08. The molecule has 3 aliphatic heterocycles. The van der Waals surface area contributed by atoms with Gasteiger partial charge in [-0.05, 0) is 50.7 Å². The summed E-state index contributed by atoms with van der Waals surface area (Å²) in [6.45, 7) is 4.38. The summed E-state index contributed by atoms with van der Waals surface area (Å²) in [6, 6.07) is 9.00. The summed E-state index contributed by atoms with van der Waals surface area (Å²) in [5.41, 5.74) is 0.654. The fraction of sp³-hybridized carbons (Fsp3) is 0.640. The maximum atomic E-state index is 13.4. The summed E-state index contributed by atoms with van der Waals surface area (Å²) in [6.07, 6.45) is 4.58. The normalized spacial score (nSPS) is 25.1. The molecular weight excluding hydrogens is 456 g/mol. The van der Waals surface area contributed by atoms with E-state index in [1.165, 1.54) is 0 Å². The summed E-state index contributed by atoms with van der Waals surface area (Å²) in [5, 5.41) is 6.32. The van der Waals surface area contributed by atoms with Crippen LogP contribution in [0.25, 0.3) is 0 Å². The number of hydrogen-bond donors (Lipinski definition) is 2.